The van der Waals surface area contributed by atoms with Crippen LogP contribution in [0.25, 0.3) is 0 Å². The van der Waals surface area contributed by atoms with Gasteiger partial charge in [0, 0.05) is 6.54 Å². The normalized spacial score (nSPS) is 10.4. The first-order valence-corrected chi connectivity index (χ1v) is 9.21. The predicted molar refractivity (Wildman–Crippen MR) is 105 cm³/mol. The number of methoxy groups -OCH3 is 2. The molecule has 0 heterocycles. The van der Waals surface area contributed by atoms with Gasteiger partial charge in [0.25, 0.3) is 0 Å². The van der Waals surface area contributed by atoms with Crippen LogP contribution in [0.3, 0.4) is 0 Å². The van der Waals surface area contributed by atoms with Gasteiger partial charge in [-0.2, -0.15) is 0 Å². The van der Waals surface area contributed by atoms with Gasteiger partial charge in [-0.05, 0) is 48.1 Å². The quantitative estimate of drug-likeness (QED) is 0.702. The molecule has 0 radical (unpaired) electrons. The third-order valence-electron chi connectivity index (χ3n) is 4.39. The van der Waals surface area contributed by atoms with Crippen LogP contribution in [0.5, 0.6) is 11.5 Å². The Labute approximate surface area is 156 Å². The number of carbonyl (C=O) groups is 1. The van der Waals surface area contributed by atoms with Gasteiger partial charge in [-0.25, -0.2) is 0 Å². The van der Waals surface area contributed by atoms with Crippen molar-refractivity contribution in [3.8, 4) is 11.5 Å². The maximum Gasteiger partial charge on any atom is 0.224 e. The van der Waals surface area contributed by atoms with Crippen LogP contribution in [-0.4, -0.2) is 26.7 Å². The van der Waals surface area contributed by atoms with Gasteiger partial charge in [0.05, 0.1) is 20.6 Å². The molecule has 2 aromatic carbocycles. The molecule has 140 valence electrons. The number of unbranched alkanes of at least 4 members (excludes halogenated alkanes) is 1. The van der Waals surface area contributed by atoms with E-state index in [1.165, 1.54) is 18.4 Å². The van der Waals surface area contributed by atoms with Gasteiger partial charge in [-0.15, -0.1) is 0 Å². The van der Waals surface area contributed by atoms with Gasteiger partial charge in [0.15, 0.2) is 11.5 Å². The number of nitrogens with one attached hydrogen (secondary N) is 1. The summed E-state index contributed by atoms with van der Waals surface area (Å²) in [4.78, 5) is 12.1. The number of ether oxygens (including phenoxy) is 2. The molecule has 0 bridgehead atoms. The summed E-state index contributed by atoms with van der Waals surface area (Å²) in [5, 5.41) is 2.98. The van der Waals surface area contributed by atoms with Crippen LogP contribution < -0.4 is 14.8 Å². The summed E-state index contributed by atoms with van der Waals surface area (Å²) in [5.74, 6) is 1.47. The predicted octanol–water partition coefficient (Wildman–Crippen LogP) is 3.95. The van der Waals surface area contributed by atoms with Crippen molar-refractivity contribution in [2.75, 3.05) is 20.8 Å². The van der Waals surface area contributed by atoms with Gasteiger partial charge in [0.2, 0.25) is 5.91 Å². The maximum absolute atomic E-state index is 12.1. The third kappa shape index (κ3) is 6.10. The number of hydrogen-bond donors (Lipinski definition) is 1. The fourth-order valence-corrected chi connectivity index (χ4v) is 2.83. The average Bonchev–Trinajstić information content (AvgIpc) is 2.67. The molecule has 1 N–H and O–H groups in total. The Morgan fingerprint density at radius 2 is 1.54 bits per heavy atom. The highest BCUT2D eigenvalue weighted by molar-refractivity contribution is 5.78. The minimum Gasteiger partial charge on any atom is -0.493 e. The van der Waals surface area contributed by atoms with E-state index in [0.717, 1.165) is 24.0 Å². The number of aryl methyl sites for hydroxylation is 1. The van der Waals surface area contributed by atoms with E-state index in [1.807, 2.05) is 18.2 Å². The molecule has 0 atom stereocenters. The van der Waals surface area contributed by atoms with E-state index in [0.29, 0.717) is 24.5 Å². The summed E-state index contributed by atoms with van der Waals surface area (Å²) in [7, 11) is 3.24. The van der Waals surface area contributed by atoms with Gasteiger partial charge in [-0.3, -0.25) is 4.79 Å². The van der Waals surface area contributed by atoms with Crippen LogP contribution in [0.4, 0.5) is 0 Å². The van der Waals surface area contributed by atoms with Crippen molar-refractivity contribution in [3.63, 3.8) is 0 Å². The molecule has 4 nitrogen and oxygen atoms in total. The molecule has 26 heavy (non-hydrogen) atoms. The minimum atomic E-state index is 0.0479. The zero-order valence-electron chi connectivity index (χ0n) is 16.0. The molecule has 0 fully saturated rings. The van der Waals surface area contributed by atoms with Crippen LogP contribution >= 0.6 is 0 Å². The van der Waals surface area contributed by atoms with E-state index in [1.54, 1.807) is 14.2 Å². The fourth-order valence-electron chi connectivity index (χ4n) is 2.83. The van der Waals surface area contributed by atoms with Crippen LogP contribution in [-0.2, 0) is 24.1 Å². The zero-order chi connectivity index (χ0) is 18.8. The van der Waals surface area contributed by atoms with Crippen LogP contribution in [0.15, 0.2) is 42.5 Å². The molecule has 0 aromatic heterocycles. The number of carbonyl (C=O) groups excluding carboxylic acids is 1. The standard InChI is InChI=1S/C22H29NO3/c1-4-5-6-17-7-9-18(10-8-17)16-22(24)23-14-13-19-11-12-20(25-2)21(15-19)26-3/h7-12,15H,4-6,13-14,16H2,1-3H3,(H,23,24). The summed E-state index contributed by atoms with van der Waals surface area (Å²) in [6.07, 6.45) is 4.68. The molecule has 2 rings (SSSR count). The molecule has 2 aromatic rings. The largest absolute Gasteiger partial charge is 0.493 e. The number of benzene rings is 2. The molecule has 4 heteroatoms. The first kappa shape index (κ1) is 19.8. The Bertz CT molecular complexity index is 695. The number of rotatable bonds is 10. The molecular weight excluding hydrogens is 326 g/mol. The van der Waals surface area contributed by atoms with Crippen molar-refractivity contribution in [2.45, 2.75) is 39.0 Å². The van der Waals surface area contributed by atoms with Crippen molar-refractivity contribution in [1.29, 1.82) is 0 Å². The zero-order valence-corrected chi connectivity index (χ0v) is 16.0. The second-order valence-corrected chi connectivity index (χ2v) is 6.39. The number of amides is 1. The molecular formula is C22H29NO3. The second-order valence-electron chi connectivity index (χ2n) is 6.39. The lowest BCUT2D eigenvalue weighted by Gasteiger charge is -2.10. The molecule has 0 aliphatic carbocycles. The molecule has 0 saturated heterocycles. The first-order valence-electron chi connectivity index (χ1n) is 9.21. The van der Waals surface area contributed by atoms with E-state index >= 15 is 0 Å². The van der Waals surface area contributed by atoms with E-state index in [9.17, 15) is 4.79 Å². The Morgan fingerprint density at radius 3 is 2.19 bits per heavy atom. The lowest BCUT2D eigenvalue weighted by atomic mass is 10.0. The second kappa shape index (κ2) is 10.5. The Hall–Kier alpha value is -2.49. The van der Waals surface area contributed by atoms with Gasteiger partial charge >= 0.3 is 0 Å². The molecule has 0 aliphatic heterocycles. The summed E-state index contributed by atoms with van der Waals surface area (Å²) >= 11 is 0. The lowest BCUT2D eigenvalue weighted by molar-refractivity contribution is -0.120. The summed E-state index contributed by atoms with van der Waals surface area (Å²) in [6.45, 7) is 2.80. The van der Waals surface area contributed by atoms with E-state index in [-0.39, 0.29) is 5.91 Å². The van der Waals surface area contributed by atoms with Crippen molar-refractivity contribution in [3.05, 3.63) is 59.2 Å². The van der Waals surface area contributed by atoms with E-state index in [2.05, 4.69) is 36.5 Å². The Kier molecular flexibility index (Phi) is 8.00. The van der Waals surface area contributed by atoms with Crippen molar-refractivity contribution >= 4 is 5.91 Å². The number of hydrogen-bond acceptors (Lipinski definition) is 3. The van der Waals surface area contributed by atoms with Gasteiger partial charge in [-0.1, -0.05) is 43.7 Å². The molecule has 0 unspecified atom stereocenters. The highest BCUT2D eigenvalue weighted by Gasteiger charge is 2.06. The maximum atomic E-state index is 12.1. The third-order valence-corrected chi connectivity index (χ3v) is 4.39. The summed E-state index contributed by atoms with van der Waals surface area (Å²) in [6, 6.07) is 14.2. The summed E-state index contributed by atoms with van der Waals surface area (Å²) < 4.78 is 10.5. The van der Waals surface area contributed by atoms with Crippen molar-refractivity contribution < 1.29 is 14.3 Å². The molecule has 0 aliphatic rings. The first-order chi connectivity index (χ1) is 12.7. The van der Waals surface area contributed by atoms with Crippen LogP contribution in [0.1, 0.15) is 36.5 Å². The minimum absolute atomic E-state index is 0.0479. The molecule has 1 amide bonds. The van der Waals surface area contributed by atoms with E-state index < -0.39 is 0 Å². The monoisotopic (exact) mass is 355 g/mol. The highest BCUT2D eigenvalue weighted by atomic mass is 16.5. The molecule has 0 saturated carbocycles. The average molecular weight is 355 g/mol. The van der Waals surface area contributed by atoms with Gasteiger partial charge < -0.3 is 14.8 Å². The summed E-state index contributed by atoms with van der Waals surface area (Å²) in [5.41, 5.74) is 3.49. The van der Waals surface area contributed by atoms with Gasteiger partial charge in [0.1, 0.15) is 0 Å². The van der Waals surface area contributed by atoms with Crippen LogP contribution in [0, 0.1) is 0 Å². The van der Waals surface area contributed by atoms with Crippen molar-refractivity contribution in [1.82, 2.24) is 5.32 Å². The van der Waals surface area contributed by atoms with E-state index in [4.69, 9.17) is 9.47 Å². The lowest BCUT2D eigenvalue weighted by Crippen LogP contribution is -2.27. The topological polar surface area (TPSA) is 47.6 Å². The SMILES string of the molecule is CCCCc1ccc(CC(=O)NCCc2ccc(OC)c(OC)c2)cc1. The smallest absolute Gasteiger partial charge is 0.224 e. The van der Waals surface area contributed by atoms with Crippen LogP contribution in [0.2, 0.25) is 0 Å². The molecule has 0 spiro atoms. The fraction of sp³-hybridized carbons (Fsp3) is 0.409. The highest BCUT2D eigenvalue weighted by Crippen LogP contribution is 2.27. The van der Waals surface area contributed by atoms with Crippen molar-refractivity contribution in [2.24, 2.45) is 0 Å². The Morgan fingerprint density at radius 1 is 0.885 bits per heavy atom. The Balaban J connectivity index is 1.78.